The second-order valence-corrected chi connectivity index (χ2v) is 5.86. The lowest BCUT2D eigenvalue weighted by Gasteiger charge is -2.17. The van der Waals surface area contributed by atoms with Crippen molar-refractivity contribution in [1.82, 2.24) is 4.90 Å². The summed E-state index contributed by atoms with van der Waals surface area (Å²) in [5.74, 6) is -1.27. The van der Waals surface area contributed by atoms with E-state index in [1.54, 1.807) is 30.3 Å². The summed E-state index contributed by atoms with van der Waals surface area (Å²) in [7, 11) is 0. The van der Waals surface area contributed by atoms with Crippen molar-refractivity contribution in [2.45, 2.75) is 6.10 Å². The summed E-state index contributed by atoms with van der Waals surface area (Å²) in [4.78, 5) is 39.2. The zero-order valence-corrected chi connectivity index (χ0v) is 13.0. The molecular formula is C18H13FN2O4. The monoisotopic (exact) mass is 340 g/mol. The molecule has 2 aliphatic heterocycles. The van der Waals surface area contributed by atoms with E-state index in [1.165, 1.54) is 23.1 Å². The number of imide groups is 1. The smallest absolute Gasteiger partial charge is 0.414 e. The number of amides is 3. The third kappa shape index (κ3) is 2.53. The zero-order chi connectivity index (χ0) is 17.6. The van der Waals surface area contributed by atoms with Crippen molar-refractivity contribution in [3.63, 3.8) is 0 Å². The van der Waals surface area contributed by atoms with E-state index in [-0.39, 0.29) is 13.1 Å². The average molecular weight is 340 g/mol. The summed E-state index contributed by atoms with van der Waals surface area (Å²) in [6.45, 7) is 0.0968. The quantitative estimate of drug-likeness (QED) is 0.805. The van der Waals surface area contributed by atoms with Crippen molar-refractivity contribution in [2.24, 2.45) is 0 Å². The highest BCUT2D eigenvalue weighted by molar-refractivity contribution is 6.21. The lowest BCUT2D eigenvalue weighted by Crippen LogP contribution is -2.38. The van der Waals surface area contributed by atoms with Crippen LogP contribution in [0.15, 0.2) is 48.5 Å². The number of carbonyl (C=O) groups is 3. The van der Waals surface area contributed by atoms with Gasteiger partial charge in [0.1, 0.15) is 11.9 Å². The maximum Gasteiger partial charge on any atom is 0.414 e. The van der Waals surface area contributed by atoms with Crippen LogP contribution in [0.3, 0.4) is 0 Å². The third-order valence-corrected chi connectivity index (χ3v) is 4.26. The number of cyclic esters (lactones) is 1. The molecule has 2 aliphatic rings. The van der Waals surface area contributed by atoms with E-state index >= 15 is 0 Å². The second kappa shape index (κ2) is 5.70. The van der Waals surface area contributed by atoms with E-state index in [4.69, 9.17) is 4.74 Å². The number of halogens is 1. The van der Waals surface area contributed by atoms with Crippen LogP contribution in [0.25, 0.3) is 0 Å². The highest BCUT2D eigenvalue weighted by atomic mass is 19.1. The fourth-order valence-corrected chi connectivity index (χ4v) is 3.08. The van der Waals surface area contributed by atoms with Crippen LogP contribution in [0.2, 0.25) is 0 Å². The van der Waals surface area contributed by atoms with Gasteiger partial charge in [0.25, 0.3) is 11.8 Å². The second-order valence-electron chi connectivity index (χ2n) is 5.86. The molecule has 0 aliphatic carbocycles. The Kier molecular flexibility index (Phi) is 3.49. The first-order valence-corrected chi connectivity index (χ1v) is 7.73. The van der Waals surface area contributed by atoms with E-state index in [1.807, 2.05) is 0 Å². The number of rotatable bonds is 3. The Balaban J connectivity index is 1.51. The maximum atomic E-state index is 13.4. The summed E-state index contributed by atoms with van der Waals surface area (Å²) in [5.41, 5.74) is 1.06. The lowest BCUT2D eigenvalue weighted by molar-refractivity contribution is 0.0558. The van der Waals surface area contributed by atoms with Gasteiger partial charge in [-0.3, -0.25) is 19.4 Å². The Morgan fingerprint density at radius 3 is 2.32 bits per heavy atom. The Hall–Kier alpha value is -3.22. The Bertz CT molecular complexity index is 863. The average Bonchev–Trinajstić information content (AvgIpc) is 3.09. The van der Waals surface area contributed by atoms with Gasteiger partial charge in [-0.1, -0.05) is 18.2 Å². The molecule has 0 saturated carbocycles. The van der Waals surface area contributed by atoms with E-state index in [9.17, 15) is 18.8 Å². The van der Waals surface area contributed by atoms with Gasteiger partial charge in [0.15, 0.2) is 0 Å². The van der Waals surface area contributed by atoms with E-state index in [2.05, 4.69) is 0 Å². The molecule has 6 nitrogen and oxygen atoms in total. The summed E-state index contributed by atoms with van der Waals surface area (Å²) in [6.07, 6.45) is -1.30. The van der Waals surface area contributed by atoms with Gasteiger partial charge in [-0.15, -0.1) is 0 Å². The molecule has 1 saturated heterocycles. The molecule has 1 atom stereocenters. The maximum absolute atomic E-state index is 13.4. The van der Waals surface area contributed by atoms with Gasteiger partial charge in [0.05, 0.1) is 29.9 Å². The van der Waals surface area contributed by atoms with Gasteiger partial charge in [-0.05, 0) is 30.3 Å². The van der Waals surface area contributed by atoms with Crippen molar-refractivity contribution in [2.75, 3.05) is 18.0 Å². The number of nitrogens with zero attached hydrogens (tertiary/aromatic N) is 2. The Morgan fingerprint density at radius 2 is 1.68 bits per heavy atom. The van der Waals surface area contributed by atoms with Gasteiger partial charge in [0.2, 0.25) is 0 Å². The predicted octanol–water partition coefficient (Wildman–Crippen LogP) is 2.45. The van der Waals surface area contributed by atoms with Crippen LogP contribution in [0.4, 0.5) is 14.9 Å². The fraction of sp³-hybridized carbons (Fsp3) is 0.167. The first-order valence-electron chi connectivity index (χ1n) is 7.73. The Labute approximate surface area is 142 Å². The molecule has 126 valence electrons. The molecule has 0 radical (unpaired) electrons. The molecule has 0 spiro atoms. The van der Waals surface area contributed by atoms with Crippen molar-refractivity contribution >= 4 is 23.6 Å². The van der Waals surface area contributed by atoms with E-state index < -0.39 is 29.8 Å². The van der Waals surface area contributed by atoms with Gasteiger partial charge < -0.3 is 4.74 Å². The number of anilines is 1. The minimum Gasteiger partial charge on any atom is -0.442 e. The fourth-order valence-electron chi connectivity index (χ4n) is 3.08. The predicted molar refractivity (Wildman–Crippen MR) is 85.8 cm³/mol. The van der Waals surface area contributed by atoms with E-state index in [0.717, 1.165) is 4.90 Å². The molecule has 0 N–H and O–H groups in total. The molecular weight excluding hydrogens is 327 g/mol. The minimum absolute atomic E-state index is 0.0378. The summed E-state index contributed by atoms with van der Waals surface area (Å²) >= 11 is 0. The van der Waals surface area contributed by atoms with Crippen LogP contribution in [-0.4, -0.2) is 42.0 Å². The SMILES string of the molecule is O=C1c2ccccc2C(=O)N1C[C@H]1CN(c2cccc(F)c2)C(=O)O1. The molecule has 0 bridgehead atoms. The standard InChI is InChI=1S/C18H13FN2O4/c19-11-4-3-5-12(8-11)20-9-13(25-18(20)24)10-21-16(22)14-6-1-2-7-15(14)17(21)23/h1-8,13H,9-10H2/t13-/m1/s1. The molecule has 25 heavy (non-hydrogen) atoms. The zero-order valence-electron chi connectivity index (χ0n) is 13.0. The minimum atomic E-state index is -0.669. The Morgan fingerprint density at radius 1 is 1.00 bits per heavy atom. The lowest BCUT2D eigenvalue weighted by atomic mass is 10.1. The molecule has 2 heterocycles. The van der Waals surface area contributed by atoms with Crippen LogP contribution >= 0.6 is 0 Å². The van der Waals surface area contributed by atoms with Crippen molar-refractivity contribution in [3.8, 4) is 0 Å². The van der Waals surface area contributed by atoms with Crippen LogP contribution in [0, 0.1) is 5.82 Å². The normalized spacial score (nSPS) is 19.4. The van der Waals surface area contributed by atoms with Crippen LogP contribution < -0.4 is 4.90 Å². The van der Waals surface area contributed by atoms with Gasteiger partial charge in [-0.2, -0.15) is 0 Å². The molecule has 3 amide bonds. The number of hydrogen-bond acceptors (Lipinski definition) is 4. The summed E-state index contributed by atoms with van der Waals surface area (Å²) < 4.78 is 18.6. The molecule has 0 unspecified atom stereocenters. The number of benzene rings is 2. The highest BCUT2D eigenvalue weighted by Crippen LogP contribution is 2.26. The highest BCUT2D eigenvalue weighted by Gasteiger charge is 2.40. The molecule has 2 aromatic carbocycles. The molecule has 0 aromatic heterocycles. The topological polar surface area (TPSA) is 66.9 Å². The van der Waals surface area contributed by atoms with Crippen molar-refractivity contribution in [3.05, 3.63) is 65.5 Å². The summed E-state index contributed by atoms with van der Waals surface area (Å²) in [6, 6.07) is 12.2. The summed E-state index contributed by atoms with van der Waals surface area (Å²) in [5, 5.41) is 0. The third-order valence-electron chi connectivity index (χ3n) is 4.26. The molecule has 7 heteroatoms. The number of ether oxygens (including phenoxy) is 1. The number of carbonyl (C=O) groups excluding carboxylic acids is 3. The van der Waals surface area contributed by atoms with Crippen LogP contribution in [-0.2, 0) is 4.74 Å². The first-order chi connectivity index (χ1) is 12.0. The van der Waals surface area contributed by atoms with Gasteiger partial charge in [0, 0.05) is 0 Å². The largest absolute Gasteiger partial charge is 0.442 e. The molecule has 4 rings (SSSR count). The van der Waals surface area contributed by atoms with Crippen molar-refractivity contribution < 1.29 is 23.5 Å². The molecule has 1 fully saturated rings. The van der Waals surface area contributed by atoms with Gasteiger partial charge >= 0.3 is 6.09 Å². The van der Waals surface area contributed by atoms with Crippen LogP contribution in [0.1, 0.15) is 20.7 Å². The first kappa shape index (κ1) is 15.3. The molecule has 2 aromatic rings. The van der Waals surface area contributed by atoms with Crippen molar-refractivity contribution in [1.29, 1.82) is 0 Å². The van der Waals surface area contributed by atoms with Crippen LogP contribution in [0.5, 0.6) is 0 Å². The number of fused-ring (bicyclic) bond motifs is 1. The van der Waals surface area contributed by atoms with Gasteiger partial charge in [-0.25, -0.2) is 9.18 Å². The van der Waals surface area contributed by atoms with E-state index in [0.29, 0.717) is 16.8 Å². The number of hydrogen-bond donors (Lipinski definition) is 0.